The average Bonchev–Trinajstić information content (AvgIpc) is 2.41. The van der Waals surface area contributed by atoms with Gasteiger partial charge in [0.1, 0.15) is 17.7 Å². The summed E-state index contributed by atoms with van der Waals surface area (Å²) in [7, 11) is 0. The third-order valence-corrected chi connectivity index (χ3v) is 3.15. The van der Waals surface area contributed by atoms with Crippen molar-refractivity contribution >= 4 is 40.7 Å². The van der Waals surface area contributed by atoms with Gasteiger partial charge in [-0.15, -0.1) is 0 Å². The number of nitrogens with one attached hydrogen (secondary N) is 3. The maximum Gasteiger partial charge on any atom is 0.242 e. The van der Waals surface area contributed by atoms with Gasteiger partial charge in [-0.2, -0.15) is 0 Å². The first-order valence-corrected chi connectivity index (χ1v) is 7.39. The monoisotopic (exact) mass is 318 g/mol. The molecule has 1 atom stereocenters. The van der Waals surface area contributed by atoms with E-state index in [4.69, 9.17) is 23.2 Å². The number of pyridine rings is 1. The third kappa shape index (κ3) is 4.72. The number of anilines is 2. The summed E-state index contributed by atoms with van der Waals surface area (Å²) in [6.07, 6.45) is 0.892. The Balaban J connectivity index is 2.80. The Bertz CT molecular complexity index is 468. The van der Waals surface area contributed by atoms with E-state index in [0.29, 0.717) is 34.8 Å². The van der Waals surface area contributed by atoms with E-state index in [2.05, 4.69) is 20.9 Å². The number of nitrogens with zero attached hydrogens (tertiary/aromatic N) is 1. The topological polar surface area (TPSA) is 66.0 Å². The molecule has 112 valence electrons. The van der Waals surface area contributed by atoms with Gasteiger partial charge in [-0.1, -0.05) is 30.1 Å². The fourth-order valence-corrected chi connectivity index (χ4v) is 2.01. The van der Waals surface area contributed by atoms with Crippen molar-refractivity contribution in [2.75, 3.05) is 23.7 Å². The molecule has 0 bridgehead atoms. The molecule has 0 radical (unpaired) electrons. The molecular formula is C13H20Cl2N4O. The number of halogens is 2. The van der Waals surface area contributed by atoms with Crippen molar-refractivity contribution < 1.29 is 4.79 Å². The van der Waals surface area contributed by atoms with Crippen LogP contribution < -0.4 is 16.0 Å². The molecule has 1 aromatic rings. The maximum absolute atomic E-state index is 11.8. The smallest absolute Gasteiger partial charge is 0.242 e. The zero-order valence-electron chi connectivity index (χ0n) is 11.9. The predicted octanol–water partition coefficient (Wildman–Crippen LogP) is 3.15. The van der Waals surface area contributed by atoms with Crippen LogP contribution in [0.4, 0.5) is 11.6 Å². The Morgan fingerprint density at radius 1 is 1.30 bits per heavy atom. The van der Waals surface area contributed by atoms with Crippen molar-refractivity contribution in [3.05, 3.63) is 16.1 Å². The molecule has 5 nitrogen and oxygen atoms in total. The molecular weight excluding hydrogens is 299 g/mol. The first-order chi connectivity index (χ1) is 9.49. The van der Waals surface area contributed by atoms with E-state index in [9.17, 15) is 4.79 Å². The van der Waals surface area contributed by atoms with Gasteiger partial charge in [-0.05, 0) is 26.3 Å². The van der Waals surface area contributed by atoms with E-state index >= 15 is 0 Å². The number of aromatic nitrogens is 1. The second-order valence-electron chi connectivity index (χ2n) is 4.34. The van der Waals surface area contributed by atoms with E-state index in [1.807, 2.05) is 13.8 Å². The molecule has 0 spiro atoms. The normalized spacial score (nSPS) is 11.8. The lowest BCUT2D eigenvalue weighted by Crippen LogP contribution is -2.38. The van der Waals surface area contributed by atoms with Gasteiger partial charge in [0, 0.05) is 13.1 Å². The number of carbonyl (C=O) groups is 1. The number of hydrogen-bond acceptors (Lipinski definition) is 4. The summed E-state index contributed by atoms with van der Waals surface area (Å²) >= 11 is 12.1. The van der Waals surface area contributed by atoms with E-state index in [1.54, 1.807) is 13.0 Å². The first-order valence-electron chi connectivity index (χ1n) is 6.63. The zero-order valence-corrected chi connectivity index (χ0v) is 13.4. The van der Waals surface area contributed by atoms with E-state index in [-0.39, 0.29) is 5.91 Å². The quantitative estimate of drug-likeness (QED) is 0.722. The number of carbonyl (C=O) groups excluding carboxylic acids is 1. The Kier molecular flexibility index (Phi) is 6.88. The summed E-state index contributed by atoms with van der Waals surface area (Å²) in [6, 6.07) is 1.18. The van der Waals surface area contributed by atoms with Gasteiger partial charge in [0.15, 0.2) is 0 Å². The minimum absolute atomic E-state index is 0.0929. The summed E-state index contributed by atoms with van der Waals surface area (Å²) in [5, 5.41) is 9.67. The van der Waals surface area contributed by atoms with Crippen LogP contribution in [0, 0.1) is 0 Å². The highest BCUT2D eigenvalue weighted by Crippen LogP contribution is 2.29. The zero-order chi connectivity index (χ0) is 15.1. The number of amides is 1. The fourth-order valence-electron chi connectivity index (χ4n) is 1.53. The van der Waals surface area contributed by atoms with Crippen LogP contribution in [-0.2, 0) is 4.79 Å². The molecule has 0 aliphatic carbocycles. The standard InChI is InChI=1S/C13H20Cl2N4O/c1-4-6-17-13(20)8(3)18-12-10(15)7-9(14)11(19-12)16-5-2/h7-8H,4-6H2,1-3H3,(H,17,20)(H2,16,18,19). The van der Waals surface area contributed by atoms with Crippen LogP contribution in [0.2, 0.25) is 10.0 Å². The molecule has 20 heavy (non-hydrogen) atoms. The molecule has 3 N–H and O–H groups in total. The van der Waals surface area contributed by atoms with Gasteiger partial charge in [-0.25, -0.2) is 4.98 Å². The Labute approximate surface area is 129 Å². The van der Waals surface area contributed by atoms with Gasteiger partial charge in [0.25, 0.3) is 0 Å². The van der Waals surface area contributed by atoms with Crippen LogP contribution in [0.1, 0.15) is 27.2 Å². The average molecular weight is 319 g/mol. The van der Waals surface area contributed by atoms with Gasteiger partial charge < -0.3 is 16.0 Å². The molecule has 0 aromatic carbocycles. The lowest BCUT2D eigenvalue weighted by atomic mass is 10.3. The molecule has 1 amide bonds. The molecule has 1 aromatic heterocycles. The molecule has 7 heteroatoms. The Morgan fingerprint density at radius 3 is 2.55 bits per heavy atom. The van der Waals surface area contributed by atoms with Gasteiger partial charge in [0.2, 0.25) is 5.91 Å². The highest BCUT2D eigenvalue weighted by Gasteiger charge is 2.15. The molecule has 0 saturated heterocycles. The van der Waals surface area contributed by atoms with E-state index < -0.39 is 6.04 Å². The molecule has 1 heterocycles. The van der Waals surface area contributed by atoms with Crippen molar-refractivity contribution in [3.8, 4) is 0 Å². The molecule has 0 fully saturated rings. The van der Waals surface area contributed by atoms with Crippen molar-refractivity contribution in [3.63, 3.8) is 0 Å². The van der Waals surface area contributed by atoms with Crippen molar-refractivity contribution in [2.24, 2.45) is 0 Å². The summed E-state index contributed by atoms with van der Waals surface area (Å²) in [4.78, 5) is 16.1. The summed E-state index contributed by atoms with van der Waals surface area (Å²) in [6.45, 7) is 7.04. The first kappa shape index (κ1) is 16.9. The van der Waals surface area contributed by atoms with Gasteiger partial charge >= 0.3 is 0 Å². The van der Waals surface area contributed by atoms with Crippen molar-refractivity contribution in [2.45, 2.75) is 33.2 Å². The van der Waals surface area contributed by atoms with Crippen molar-refractivity contribution in [1.82, 2.24) is 10.3 Å². The lowest BCUT2D eigenvalue weighted by molar-refractivity contribution is -0.121. The lowest BCUT2D eigenvalue weighted by Gasteiger charge is -2.16. The van der Waals surface area contributed by atoms with E-state index in [0.717, 1.165) is 6.42 Å². The fraction of sp³-hybridized carbons (Fsp3) is 0.538. The highest BCUT2D eigenvalue weighted by atomic mass is 35.5. The van der Waals surface area contributed by atoms with Gasteiger partial charge in [0.05, 0.1) is 10.0 Å². The molecule has 1 rings (SSSR count). The van der Waals surface area contributed by atoms with E-state index in [1.165, 1.54) is 0 Å². The Hall–Kier alpha value is -1.20. The maximum atomic E-state index is 11.8. The second kappa shape index (κ2) is 8.17. The summed E-state index contributed by atoms with van der Waals surface area (Å²) in [5.74, 6) is 0.887. The van der Waals surface area contributed by atoms with Crippen LogP contribution >= 0.6 is 23.2 Å². The summed E-state index contributed by atoms with van der Waals surface area (Å²) in [5.41, 5.74) is 0. The van der Waals surface area contributed by atoms with Gasteiger partial charge in [-0.3, -0.25) is 4.79 Å². The van der Waals surface area contributed by atoms with Crippen LogP contribution in [0.25, 0.3) is 0 Å². The predicted molar refractivity (Wildman–Crippen MR) is 84.8 cm³/mol. The molecule has 1 unspecified atom stereocenters. The van der Waals surface area contributed by atoms with Crippen LogP contribution in [0.15, 0.2) is 6.07 Å². The Morgan fingerprint density at radius 2 is 1.95 bits per heavy atom. The largest absolute Gasteiger partial charge is 0.369 e. The number of hydrogen-bond donors (Lipinski definition) is 3. The highest BCUT2D eigenvalue weighted by molar-refractivity contribution is 6.37. The summed E-state index contributed by atoms with van der Waals surface area (Å²) < 4.78 is 0. The molecule has 0 aliphatic rings. The molecule has 0 aliphatic heterocycles. The minimum Gasteiger partial charge on any atom is -0.369 e. The van der Waals surface area contributed by atoms with Crippen LogP contribution in [0.5, 0.6) is 0 Å². The van der Waals surface area contributed by atoms with Crippen LogP contribution in [0.3, 0.4) is 0 Å². The third-order valence-electron chi connectivity index (χ3n) is 2.57. The SMILES string of the molecule is CCCNC(=O)C(C)Nc1nc(NCC)c(Cl)cc1Cl. The van der Waals surface area contributed by atoms with Crippen molar-refractivity contribution in [1.29, 1.82) is 0 Å². The minimum atomic E-state index is -0.429. The second-order valence-corrected chi connectivity index (χ2v) is 5.15. The molecule has 0 saturated carbocycles. The van der Waals surface area contributed by atoms with Crippen LogP contribution in [-0.4, -0.2) is 30.0 Å². The number of rotatable bonds is 7.